The van der Waals surface area contributed by atoms with E-state index in [2.05, 4.69) is 16.0 Å². The summed E-state index contributed by atoms with van der Waals surface area (Å²) in [4.78, 5) is 72.5. The third kappa shape index (κ3) is 11.7. The molecule has 0 spiro atoms. The first-order valence-electron chi connectivity index (χ1n) is 11.7. The van der Waals surface area contributed by atoms with E-state index in [0.717, 1.165) is 0 Å². The molecule has 12 N–H and O–H groups in total. The molecule has 1 aromatic rings. The van der Waals surface area contributed by atoms with Crippen LogP contribution in [0.2, 0.25) is 0 Å². The van der Waals surface area contributed by atoms with Gasteiger partial charge < -0.3 is 48.5 Å². The minimum atomic E-state index is -1.76. The van der Waals surface area contributed by atoms with Crippen LogP contribution in [0, 0.1) is 0 Å². The standard InChI is InChI=1S/C23H34N6O9/c24-8-2-1-3-14(25)20(34)27-15(10-18(26)31)21(35)28-16(11-19(32)33)22(36)29-17(23(37)38)9-12-4-6-13(30)7-5-12/h4-7,14-17,30H,1-3,8-11,24-25H2,(H2,26,31)(H,27,34)(H,28,35)(H,29,36)(H,32,33)(H,37,38). The van der Waals surface area contributed by atoms with E-state index >= 15 is 0 Å². The number of unbranched alkanes of at least 4 members (excludes halogenated alkanes) is 1. The Morgan fingerprint density at radius 3 is 1.82 bits per heavy atom. The molecule has 15 heteroatoms. The number of carboxylic acid groups (broad SMARTS) is 2. The number of hydrogen-bond acceptors (Lipinski definition) is 9. The van der Waals surface area contributed by atoms with Gasteiger partial charge in [-0.1, -0.05) is 18.6 Å². The molecular formula is C23H34N6O9. The summed E-state index contributed by atoms with van der Waals surface area (Å²) >= 11 is 0. The second-order valence-corrected chi connectivity index (χ2v) is 8.55. The number of primary amides is 1. The van der Waals surface area contributed by atoms with Gasteiger partial charge in [-0.05, 0) is 37.1 Å². The maximum Gasteiger partial charge on any atom is 0.326 e. The number of rotatable bonds is 17. The van der Waals surface area contributed by atoms with Gasteiger partial charge in [0.1, 0.15) is 23.9 Å². The van der Waals surface area contributed by atoms with Gasteiger partial charge in [0.15, 0.2) is 0 Å². The summed E-state index contributed by atoms with van der Waals surface area (Å²) in [5.41, 5.74) is 16.8. The van der Waals surface area contributed by atoms with Gasteiger partial charge in [0.2, 0.25) is 23.6 Å². The number of carbonyl (C=O) groups excluding carboxylic acids is 4. The quantitative estimate of drug-likeness (QED) is 0.0918. The Morgan fingerprint density at radius 2 is 1.32 bits per heavy atom. The molecule has 0 saturated carbocycles. The SMILES string of the molecule is NCCCCC(N)C(=O)NC(CC(N)=O)C(=O)NC(CC(=O)O)C(=O)NC(Cc1ccc(O)cc1)C(=O)O. The third-order valence-corrected chi connectivity index (χ3v) is 5.35. The molecule has 4 atom stereocenters. The average Bonchev–Trinajstić information content (AvgIpc) is 2.83. The molecule has 4 amide bonds. The number of nitrogens with one attached hydrogen (secondary N) is 3. The van der Waals surface area contributed by atoms with Crippen molar-refractivity contribution in [3.63, 3.8) is 0 Å². The van der Waals surface area contributed by atoms with Crippen molar-refractivity contribution in [1.82, 2.24) is 16.0 Å². The van der Waals surface area contributed by atoms with Crippen molar-refractivity contribution in [2.24, 2.45) is 17.2 Å². The van der Waals surface area contributed by atoms with Crippen molar-refractivity contribution in [1.29, 1.82) is 0 Å². The number of nitrogens with two attached hydrogens (primary N) is 3. The zero-order chi connectivity index (χ0) is 28.8. The summed E-state index contributed by atoms with van der Waals surface area (Å²) in [6, 6.07) is -0.352. The van der Waals surface area contributed by atoms with Crippen molar-refractivity contribution < 1.29 is 44.1 Å². The molecular weight excluding hydrogens is 504 g/mol. The monoisotopic (exact) mass is 538 g/mol. The maximum atomic E-state index is 12.8. The zero-order valence-corrected chi connectivity index (χ0v) is 20.6. The van der Waals surface area contributed by atoms with E-state index in [-0.39, 0.29) is 18.6 Å². The van der Waals surface area contributed by atoms with E-state index in [0.29, 0.717) is 24.9 Å². The number of hydrogen-bond donors (Lipinski definition) is 9. The minimum absolute atomic E-state index is 0.0528. The van der Waals surface area contributed by atoms with Crippen LogP contribution in [-0.4, -0.2) is 81.6 Å². The molecule has 0 aliphatic heterocycles. The van der Waals surface area contributed by atoms with Gasteiger partial charge in [0.25, 0.3) is 0 Å². The molecule has 1 rings (SSSR count). The molecule has 0 saturated heterocycles. The van der Waals surface area contributed by atoms with Crippen molar-refractivity contribution in [2.75, 3.05) is 6.54 Å². The van der Waals surface area contributed by atoms with E-state index in [4.69, 9.17) is 17.2 Å². The average molecular weight is 539 g/mol. The predicted octanol–water partition coefficient (Wildman–Crippen LogP) is -2.72. The Hall–Kier alpha value is -4.24. The van der Waals surface area contributed by atoms with Gasteiger partial charge >= 0.3 is 11.9 Å². The fraction of sp³-hybridized carbons (Fsp3) is 0.478. The van der Waals surface area contributed by atoms with Crippen LogP contribution in [0.5, 0.6) is 5.75 Å². The Bertz CT molecular complexity index is 1000. The molecule has 38 heavy (non-hydrogen) atoms. The summed E-state index contributed by atoms with van der Waals surface area (Å²) in [7, 11) is 0. The highest BCUT2D eigenvalue weighted by atomic mass is 16.4. The molecule has 0 heterocycles. The number of amides is 4. The third-order valence-electron chi connectivity index (χ3n) is 5.35. The largest absolute Gasteiger partial charge is 0.508 e. The number of phenolic OH excluding ortho intramolecular Hbond substituents is 1. The second kappa shape index (κ2) is 15.8. The highest BCUT2D eigenvalue weighted by Gasteiger charge is 2.32. The van der Waals surface area contributed by atoms with Crippen LogP contribution in [0.25, 0.3) is 0 Å². The Morgan fingerprint density at radius 1 is 0.789 bits per heavy atom. The first-order chi connectivity index (χ1) is 17.8. The van der Waals surface area contributed by atoms with E-state index in [9.17, 15) is 44.1 Å². The lowest BCUT2D eigenvalue weighted by Gasteiger charge is -2.24. The lowest BCUT2D eigenvalue weighted by Crippen LogP contribution is -2.58. The van der Waals surface area contributed by atoms with Gasteiger partial charge in [-0.15, -0.1) is 0 Å². The molecule has 4 unspecified atom stereocenters. The van der Waals surface area contributed by atoms with Crippen molar-refractivity contribution in [3.05, 3.63) is 29.8 Å². The van der Waals surface area contributed by atoms with Gasteiger partial charge in [0.05, 0.1) is 18.9 Å². The number of aromatic hydroxyl groups is 1. The Labute approximate surface area is 218 Å². The summed E-state index contributed by atoms with van der Waals surface area (Å²) in [6.45, 7) is 0.395. The molecule has 0 radical (unpaired) electrons. The molecule has 210 valence electrons. The van der Waals surface area contributed by atoms with Gasteiger partial charge in [-0.25, -0.2) is 4.79 Å². The normalized spacial score (nSPS) is 13.8. The fourth-order valence-electron chi connectivity index (χ4n) is 3.33. The molecule has 0 aliphatic rings. The van der Waals surface area contributed by atoms with Crippen LogP contribution in [-0.2, 0) is 35.2 Å². The number of phenols is 1. The molecule has 0 aliphatic carbocycles. The van der Waals surface area contributed by atoms with Crippen LogP contribution >= 0.6 is 0 Å². The fourth-order valence-corrected chi connectivity index (χ4v) is 3.33. The van der Waals surface area contributed by atoms with Crippen molar-refractivity contribution in [3.8, 4) is 5.75 Å². The van der Waals surface area contributed by atoms with E-state index in [1.165, 1.54) is 24.3 Å². The van der Waals surface area contributed by atoms with Crippen LogP contribution in [0.3, 0.4) is 0 Å². The number of carbonyl (C=O) groups is 6. The highest BCUT2D eigenvalue weighted by Crippen LogP contribution is 2.12. The number of benzene rings is 1. The first-order valence-corrected chi connectivity index (χ1v) is 11.7. The molecule has 0 bridgehead atoms. The van der Waals surface area contributed by atoms with Crippen molar-refractivity contribution in [2.45, 2.75) is 62.7 Å². The summed E-state index contributed by atoms with van der Waals surface area (Å²) in [6.07, 6.45) is -0.422. The topological polar surface area (TPSA) is 277 Å². The molecule has 0 fully saturated rings. The van der Waals surface area contributed by atoms with E-state index in [1.54, 1.807) is 0 Å². The lowest BCUT2D eigenvalue weighted by atomic mass is 10.0. The van der Waals surface area contributed by atoms with Gasteiger partial charge in [-0.3, -0.25) is 24.0 Å². The zero-order valence-electron chi connectivity index (χ0n) is 20.6. The second-order valence-electron chi connectivity index (χ2n) is 8.55. The lowest BCUT2D eigenvalue weighted by molar-refractivity contribution is -0.143. The van der Waals surface area contributed by atoms with Crippen LogP contribution in [0.4, 0.5) is 0 Å². The summed E-state index contributed by atoms with van der Waals surface area (Å²) in [5, 5.41) is 34.7. The predicted molar refractivity (Wildman–Crippen MR) is 132 cm³/mol. The van der Waals surface area contributed by atoms with Gasteiger partial charge in [0, 0.05) is 6.42 Å². The molecule has 0 aromatic heterocycles. The van der Waals surface area contributed by atoms with Gasteiger partial charge in [-0.2, -0.15) is 0 Å². The van der Waals surface area contributed by atoms with Crippen LogP contribution < -0.4 is 33.2 Å². The number of aliphatic carboxylic acids is 2. The van der Waals surface area contributed by atoms with Crippen LogP contribution in [0.1, 0.15) is 37.7 Å². The first kappa shape index (κ1) is 31.8. The van der Waals surface area contributed by atoms with Crippen LogP contribution in [0.15, 0.2) is 24.3 Å². The van der Waals surface area contributed by atoms with E-state index < -0.39 is 72.6 Å². The minimum Gasteiger partial charge on any atom is -0.508 e. The van der Waals surface area contributed by atoms with Crippen molar-refractivity contribution >= 4 is 35.6 Å². The van der Waals surface area contributed by atoms with E-state index in [1.807, 2.05) is 0 Å². The maximum absolute atomic E-state index is 12.8. The summed E-state index contributed by atoms with van der Waals surface area (Å²) < 4.78 is 0. The Kier molecular flexibility index (Phi) is 13.2. The molecule has 1 aromatic carbocycles. The number of carboxylic acids is 2. The Balaban J connectivity index is 2.99. The summed E-state index contributed by atoms with van der Waals surface area (Å²) in [5.74, 6) is -6.96. The molecule has 15 nitrogen and oxygen atoms in total. The highest BCUT2D eigenvalue weighted by molar-refractivity contribution is 5.97. The smallest absolute Gasteiger partial charge is 0.326 e.